The van der Waals surface area contributed by atoms with Gasteiger partial charge in [0.05, 0.1) is 59.6 Å². The minimum atomic E-state index is -1.23. The van der Waals surface area contributed by atoms with Crippen LogP contribution in [0.3, 0.4) is 0 Å². The maximum absolute atomic E-state index is 11.6. The molecule has 19 nitrogen and oxygen atoms in total. The Bertz CT molecular complexity index is 1090. The molecule has 0 aromatic carbocycles. The summed E-state index contributed by atoms with van der Waals surface area (Å²) in [6.07, 6.45) is -1.22. The van der Waals surface area contributed by atoms with Crippen molar-refractivity contribution < 1.29 is 90.9 Å². The maximum Gasteiger partial charge on any atom is 0.373 e. The first-order valence-corrected chi connectivity index (χ1v) is 14.7. The molecule has 3 saturated heterocycles. The number of hydrogen-bond donors (Lipinski definition) is 1. The molecule has 1 N–H and O–H groups in total. The van der Waals surface area contributed by atoms with Crippen LogP contribution in [0.4, 0.5) is 0 Å². The maximum atomic E-state index is 11.6. The molecule has 2 unspecified atom stereocenters. The average Bonchev–Trinajstić information content (AvgIpc) is 3.77. The number of esters is 4. The minimum absolute atomic E-state index is 0.0555. The Hall–Kier alpha value is -3.93. The quantitative estimate of drug-likeness (QED) is 0.175. The van der Waals surface area contributed by atoms with E-state index in [0.717, 1.165) is 13.2 Å². The van der Waals surface area contributed by atoms with Crippen LogP contribution in [0.25, 0.3) is 0 Å². The van der Waals surface area contributed by atoms with E-state index in [9.17, 15) is 29.1 Å². The van der Waals surface area contributed by atoms with E-state index >= 15 is 0 Å². The molecule has 0 aromatic rings. The second-order valence-corrected chi connectivity index (χ2v) is 10.6. The van der Waals surface area contributed by atoms with Crippen molar-refractivity contribution in [3.8, 4) is 0 Å². The van der Waals surface area contributed by atoms with Gasteiger partial charge in [-0.1, -0.05) is 0 Å². The molecule has 280 valence electrons. The first-order valence-electron chi connectivity index (χ1n) is 14.7. The molecule has 0 spiro atoms. The summed E-state index contributed by atoms with van der Waals surface area (Å²) in [5.74, 6) is -4.98. The third-order valence-electron chi connectivity index (χ3n) is 6.49. The summed E-state index contributed by atoms with van der Waals surface area (Å²) in [6, 6.07) is 0. The van der Waals surface area contributed by atoms with Crippen LogP contribution in [0.15, 0.2) is 0 Å². The van der Waals surface area contributed by atoms with E-state index in [1.54, 1.807) is 27.7 Å². The van der Waals surface area contributed by atoms with Crippen LogP contribution in [0.2, 0.25) is 0 Å². The van der Waals surface area contributed by atoms with E-state index in [2.05, 4.69) is 18.9 Å². The Morgan fingerprint density at radius 1 is 0.714 bits per heavy atom. The van der Waals surface area contributed by atoms with Crippen LogP contribution >= 0.6 is 0 Å². The van der Waals surface area contributed by atoms with E-state index in [1.165, 1.54) is 41.3 Å². The zero-order valence-corrected chi connectivity index (χ0v) is 28.8. The van der Waals surface area contributed by atoms with Gasteiger partial charge in [-0.25, -0.2) is 9.59 Å². The molecule has 0 bridgehead atoms. The highest BCUT2D eigenvalue weighted by Crippen LogP contribution is 2.34. The molecule has 3 aliphatic rings. The van der Waals surface area contributed by atoms with Gasteiger partial charge in [-0.05, 0) is 40.5 Å². The van der Waals surface area contributed by atoms with Gasteiger partial charge < -0.3 is 47.7 Å². The number of carbonyl (C=O) groups excluding carboxylic acids is 9. The monoisotopic (exact) mass is 710 g/mol. The summed E-state index contributed by atoms with van der Waals surface area (Å²) < 4.78 is 44.9. The molecule has 0 radical (unpaired) electrons. The van der Waals surface area contributed by atoms with Gasteiger partial charge in [0.1, 0.15) is 12.2 Å². The Kier molecular flexibility index (Phi) is 24.2. The van der Waals surface area contributed by atoms with E-state index < -0.39 is 66.0 Å². The summed E-state index contributed by atoms with van der Waals surface area (Å²) in [7, 11) is 4.96. The lowest BCUT2D eigenvalue weighted by Gasteiger charge is -2.25. The highest BCUT2D eigenvalue weighted by molar-refractivity contribution is 5.95. The Labute approximate surface area is 283 Å². The molecule has 0 amide bonds. The van der Waals surface area contributed by atoms with E-state index in [1.807, 2.05) is 0 Å². The molecule has 0 aliphatic carbocycles. The molecular formula is C30H46O19. The van der Waals surface area contributed by atoms with E-state index in [4.69, 9.17) is 42.9 Å². The number of methoxy groups -OCH3 is 4. The Balaban J connectivity index is 0. The molecule has 0 aromatic heterocycles. The number of aliphatic hydroxyl groups is 1. The van der Waals surface area contributed by atoms with Crippen molar-refractivity contribution in [1.82, 2.24) is 0 Å². The minimum Gasteiger partial charge on any atom is -0.469 e. The van der Waals surface area contributed by atoms with Gasteiger partial charge >= 0.3 is 36.2 Å². The number of aliphatic hydroxyl groups excluding tert-OH is 1. The van der Waals surface area contributed by atoms with Crippen molar-refractivity contribution in [2.24, 2.45) is 0 Å². The average molecular weight is 711 g/mol. The Morgan fingerprint density at radius 2 is 1.12 bits per heavy atom. The fraction of sp³-hybridized carbons (Fsp3) is 0.767. The van der Waals surface area contributed by atoms with Gasteiger partial charge in [0.15, 0.2) is 23.8 Å². The van der Waals surface area contributed by atoms with Crippen LogP contribution in [0, 0.1) is 0 Å². The van der Waals surface area contributed by atoms with Crippen molar-refractivity contribution in [3.05, 3.63) is 0 Å². The van der Waals surface area contributed by atoms with Gasteiger partial charge in [-0.2, -0.15) is 19.2 Å². The summed E-state index contributed by atoms with van der Waals surface area (Å²) in [5.41, 5.74) is 0. The molecule has 3 aliphatic heterocycles. The predicted octanol–water partition coefficient (Wildman–Crippen LogP) is -0.175. The van der Waals surface area contributed by atoms with Crippen LogP contribution in [0.1, 0.15) is 66.2 Å². The summed E-state index contributed by atoms with van der Waals surface area (Å²) in [5, 5.41) is 9.77. The lowest BCUT2D eigenvalue weighted by atomic mass is 10.1. The smallest absolute Gasteiger partial charge is 0.373 e. The highest BCUT2D eigenvalue weighted by atomic mass is 16.8. The molecule has 0 saturated carbocycles. The number of ketones is 1. The third kappa shape index (κ3) is 19.6. The molecular weight excluding hydrogens is 664 g/mol. The Morgan fingerprint density at radius 3 is 1.49 bits per heavy atom. The van der Waals surface area contributed by atoms with Crippen molar-refractivity contribution >= 4 is 42.0 Å². The second kappa shape index (κ2) is 25.1. The lowest BCUT2D eigenvalue weighted by Crippen LogP contribution is -2.34. The first-order chi connectivity index (χ1) is 22.9. The number of rotatable bonds is 10. The van der Waals surface area contributed by atoms with Crippen LogP contribution < -0.4 is 0 Å². The lowest BCUT2D eigenvalue weighted by molar-refractivity contribution is -0.193. The molecule has 7 atom stereocenters. The van der Waals surface area contributed by atoms with E-state index in [-0.39, 0.29) is 43.8 Å². The van der Waals surface area contributed by atoms with Crippen molar-refractivity contribution in [2.45, 2.75) is 108 Å². The van der Waals surface area contributed by atoms with Crippen molar-refractivity contribution in [2.75, 3.05) is 41.7 Å². The van der Waals surface area contributed by atoms with Crippen molar-refractivity contribution in [3.63, 3.8) is 0 Å². The van der Waals surface area contributed by atoms with Crippen LogP contribution in [-0.2, 0) is 85.8 Å². The number of hydrogen-bond acceptors (Lipinski definition) is 19. The highest BCUT2D eigenvalue weighted by Gasteiger charge is 2.48. The van der Waals surface area contributed by atoms with E-state index in [0.29, 0.717) is 0 Å². The van der Waals surface area contributed by atoms with Gasteiger partial charge in [0.25, 0.3) is 0 Å². The fourth-order valence-corrected chi connectivity index (χ4v) is 4.53. The predicted molar refractivity (Wildman–Crippen MR) is 155 cm³/mol. The molecule has 3 fully saturated rings. The van der Waals surface area contributed by atoms with Gasteiger partial charge in [-0.3, -0.25) is 14.4 Å². The fourth-order valence-electron chi connectivity index (χ4n) is 4.53. The molecule has 3 heterocycles. The zero-order chi connectivity index (χ0) is 38.2. The number of ether oxygens (including phenoxy) is 9. The molecule has 19 heteroatoms. The zero-order valence-electron chi connectivity index (χ0n) is 28.8. The SMILES string of the molecule is C1CCOC1.COC(=O)CC(=O)CC1(C)O[C@@H](C)[C@H](C(=O)OC)O1.COC(=O)C[C@H](O)CC1(C)O[C@@H](C)[C@H](C(=O)OC)O1.O=C=O.O=C=O. The number of carbonyl (C=O) groups is 5. The topological polar surface area (TPSA) is 257 Å². The molecule has 3 rings (SSSR count). The normalized spacial score (nSPS) is 26.7. The number of Topliss-reactive ketones (excluding diaryl/α,β-unsaturated/α-hetero) is 1. The van der Waals surface area contributed by atoms with Crippen LogP contribution in [0.5, 0.6) is 0 Å². The van der Waals surface area contributed by atoms with Gasteiger partial charge in [-0.15, -0.1) is 0 Å². The summed E-state index contributed by atoms with van der Waals surface area (Å²) in [6.45, 7) is 8.48. The summed E-state index contributed by atoms with van der Waals surface area (Å²) >= 11 is 0. The third-order valence-corrected chi connectivity index (χ3v) is 6.49. The second-order valence-electron chi connectivity index (χ2n) is 10.6. The van der Waals surface area contributed by atoms with Crippen molar-refractivity contribution in [1.29, 1.82) is 0 Å². The summed E-state index contributed by atoms with van der Waals surface area (Å²) in [4.78, 5) is 89.1. The van der Waals surface area contributed by atoms with Gasteiger partial charge in [0, 0.05) is 19.6 Å². The van der Waals surface area contributed by atoms with Crippen LogP contribution in [-0.4, -0.2) is 131 Å². The van der Waals surface area contributed by atoms with Gasteiger partial charge in [0.2, 0.25) is 0 Å². The first kappa shape index (κ1) is 47.2. The standard InChI is InChI=1S/C12H20O7.C12H18O7.C4H8O.2CO2/c2*1-7-10(11(15)17-4)19-12(2,18-7)6-8(13)5-9(14)16-3;1-2-4-5-3-1;2*2-1-3/h7-8,10,13H,5-6H2,1-4H3;7,10H,5-6H2,1-4H3;1-4H2;;/t7-,8-,10+,12?;7-,10+,12?;;;/m00.../s1. The molecule has 49 heavy (non-hydrogen) atoms. The largest absolute Gasteiger partial charge is 0.469 e.